The Morgan fingerprint density at radius 3 is 2.71 bits per heavy atom. The molecule has 0 aliphatic rings. The van der Waals surface area contributed by atoms with Crippen LogP contribution >= 0.6 is 0 Å². The fraction of sp³-hybridized carbons (Fsp3) is 0.111. The Balaban J connectivity index is 1.64. The lowest BCUT2D eigenvalue weighted by Crippen LogP contribution is -2.28. The zero-order valence-electron chi connectivity index (χ0n) is 12.6. The number of hydrogen-bond acceptors (Lipinski definition) is 4. The number of para-hydroxylation sites is 1. The average molecular weight is 327 g/mol. The molecule has 0 bridgehead atoms. The average Bonchev–Trinajstić information content (AvgIpc) is 2.59. The van der Waals surface area contributed by atoms with E-state index in [1.165, 1.54) is 24.3 Å². The van der Waals surface area contributed by atoms with Crippen LogP contribution in [0.15, 0.2) is 63.8 Å². The quantitative estimate of drug-likeness (QED) is 0.732. The molecule has 0 aliphatic carbocycles. The number of carbonyl (C=O) groups excluding carboxylic acids is 1. The summed E-state index contributed by atoms with van der Waals surface area (Å²) in [7, 11) is 0. The van der Waals surface area contributed by atoms with E-state index in [-0.39, 0.29) is 24.3 Å². The molecule has 122 valence electrons. The van der Waals surface area contributed by atoms with Gasteiger partial charge >= 0.3 is 5.63 Å². The Kier molecular flexibility index (Phi) is 4.56. The molecular formula is C18H14FNO4. The van der Waals surface area contributed by atoms with Gasteiger partial charge in [0, 0.05) is 0 Å². The van der Waals surface area contributed by atoms with Crippen LogP contribution in [0, 0.1) is 5.82 Å². The Hall–Kier alpha value is -3.15. The highest BCUT2D eigenvalue weighted by Gasteiger charge is 2.12. The molecular weight excluding hydrogens is 313 g/mol. The van der Waals surface area contributed by atoms with Gasteiger partial charge in [0.2, 0.25) is 0 Å². The lowest BCUT2D eigenvalue weighted by atomic mass is 10.1. The van der Waals surface area contributed by atoms with Crippen LogP contribution in [0.1, 0.15) is 10.6 Å². The number of nitrogens with one attached hydrogen (secondary N) is 1. The summed E-state index contributed by atoms with van der Waals surface area (Å²) < 4.78 is 23.7. The minimum Gasteiger partial charge on any atom is -0.492 e. The number of halogens is 1. The van der Waals surface area contributed by atoms with Gasteiger partial charge in [-0.2, -0.15) is 0 Å². The molecule has 0 fully saturated rings. The van der Waals surface area contributed by atoms with E-state index in [2.05, 4.69) is 5.32 Å². The van der Waals surface area contributed by atoms with Crippen LogP contribution in [-0.4, -0.2) is 19.1 Å². The van der Waals surface area contributed by atoms with E-state index in [0.29, 0.717) is 11.1 Å². The van der Waals surface area contributed by atoms with Crippen LogP contribution < -0.4 is 15.7 Å². The molecule has 0 radical (unpaired) electrons. The summed E-state index contributed by atoms with van der Waals surface area (Å²) >= 11 is 0. The van der Waals surface area contributed by atoms with Crippen molar-refractivity contribution in [2.75, 3.05) is 13.2 Å². The van der Waals surface area contributed by atoms with Gasteiger partial charge in [-0.1, -0.05) is 18.2 Å². The third-order valence-electron chi connectivity index (χ3n) is 3.35. The highest BCUT2D eigenvalue weighted by molar-refractivity contribution is 5.95. The maximum Gasteiger partial charge on any atom is 0.344 e. The van der Waals surface area contributed by atoms with Crippen LogP contribution in [0.25, 0.3) is 10.8 Å². The number of benzene rings is 2. The van der Waals surface area contributed by atoms with Gasteiger partial charge in [-0.25, -0.2) is 9.18 Å². The SMILES string of the molecule is O=C(NCCOc1ccccc1)c1cc2cc(F)ccc2c(=O)o1. The van der Waals surface area contributed by atoms with Crippen molar-refractivity contribution in [1.29, 1.82) is 0 Å². The highest BCUT2D eigenvalue weighted by atomic mass is 19.1. The van der Waals surface area contributed by atoms with Gasteiger partial charge in [0.25, 0.3) is 5.91 Å². The monoisotopic (exact) mass is 327 g/mol. The number of hydrogen-bond donors (Lipinski definition) is 1. The third kappa shape index (κ3) is 3.60. The first kappa shape index (κ1) is 15.7. The summed E-state index contributed by atoms with van der Waals surface area (Å²) in [6.45, 7) is 0.501. The number of carbonyl (C=O) groups is 1. The van der Waals surface area contributed by atoms with Crippen LogP contribution in [0.4, 0.5) is 4.39 Å². The molecule has 5 nitrogen and oxygen atoms in total. The van der Waals surface area contributed by atoms with E-state index in [1.807, 2.05) is 18.2 Å². The normalized spacial score (nSPS) is 10.5. The first-order chi connectivity index (χ1) is 11.6. The maximum absolute atomic E-state index is 13.3. The summed E-state index contributed by atoms with van der Waals surface area (Å²) in [5.41, 5.74) is -0.682. The van der Waals surface area contributed by atoms with Crippen LogP contribution in [0.3, 0.4) is 0 Å². The van der Waals surface area contributed by atoms with Crippen LogP contribution in [-0.2, 0) is 0 Å². The predicted molar refractivity (Wildman–Crippen MR) is 86.7 cm³/mol. The molecule has 3 aromatic rings. The highest BCUT2D eigenvalue weighted by Crippen LogP contribution is 2.14. The van der Waals surface area contributed by atoms with Gasteiger partial charge in [-0.15, -0.1) is 0 Å². The standard InChI is InChI=1S/C18H14FNO4/c19-13-6-7-15-12(10-13)11-16(24-18(15)22)17(21)20-8-9-23-14-4-2-1-3-5-14/h1-7,10-11H,8-9H2,(H,20,21). The second kappa shape index (κ2) is 6.95. The fourth-order valence-corrected chi connectivity index (χ4v) is 2.21. The van der Waals surface area contributed by atoms with Gasteiger partial charge in [0.15, 0.2) is 5.76 Å². The Labute approximate surface area is 136 Å². The second-order valence-corrected chi connectivity index (χ2v) is 5.05. The minimum absolute atomic E-state index is 0.169. The lowest BCUT2D eigenvalue weighted by molar-refractivity contribution is 0.0915. The van der Waals surface area contributed by atoms with Crippen LogP contribution in [0.5, 0.6) is 5.75 Å². The van der Waals surface area contributed by atoms with Crippen molar-refractivity contribution in [3.05, 3.63) is 76.6 Å². The molecule has 0 atom stereocenters. The predicted octanol–water partition coefficient (Wildman–Crippen LogP) is 2.74. The number of rotatable bonds is 5. The largest absolute Gasteiger partial charge is 0.492 e. The van der Waals surface area contributed by atoms with Crippen molar-refractivity contribution >= 4 is 16.7 Å². The molecule has 0 saturated carbocycles. The molecule has 6 heteroatoms. The van der Waals surface area contributed by atoms with Gasteiger partial charge in [0.1, 0.15) is 18.2 Å². The summed E-state index contributed by atoms with van der Waals surface area (Å²) in [5, 5.41) is 3.12. The Morgan fingerprint density at radius 1 is 1.12 bits per heavy atom. The van der Waals surface area contributed by atoms with E-state index >= 15 is 0 Å². The molecule has 0 saturated heterocycles. The van der Waals surface area contributed by atoms with Crippen molar-refractivity contribution in [2.24, 2.45) is 0 Å². The number of amides is 1. The molecule has 0 spiro atoms. The first-order valence-electron chi connectivity index (χ1n) is 7.33. The topological polar surface area (TPSA) is 68.5 Å². The summed E-state index contributed by atoms with van der Waals surface area (Å²) in [4.78, 5) is 23.9. The lowest BCUT2D eigenvalue weighted by Gasteiger charge is -2.07. The van der Waals surface area contributed by atoms with Gasteiger partial charge < -0.3 is 14.5 Å². The second-order valence-electron chi connectivity index (χ2n) is 5.05. The van der Waals surface area contributed by atoms with Crippen molar-refractivity contribution < 1.29 is 18.3 Å². The molecule has 1 heterocycles. The molecule has 0 aliphatic heterocycles. The zero-order chi connectivity index (χ0) is 16.9. The Bertz CT molecular complexity index is 921. The van der Waals surface area contributed by atoms with Crippen molar-refractivity contribution in [1.82, 2.24) is 5.32 Å². The Morgan fingerprint density at radius 2 is 1.92 bits per heavy atom. The van der Waals surface area contributed by atoms with Crippen molar-refractivity contribution in [2.45, 2.75) is 0 Å². The first-order valence-corrected chi connectivity index (χ1v) is 7.33. The smallest absolute Gasteiger partial charge is 0.344 e. The van der Waals surface area contributed by atoms with Gasteiger partial charge in [0.05, 0.1) is 11.9 Å². The molecule has 1 amide bonds. The zero-order valence-corrected chi connectivity index (χ0v) is 12.6. The van der Waals surface area contributed by atoms with E-state index in [0.717, 1.165) is 0 Å². The van der Waals surface area contributed by atoms with Crippen molar-refractivity contribution in [3.8, 4) is 5.75 Å². The summed E-state index contributed by atoms with van der Waals surface area (Å²) in [6.07, 6.45) is 0. The molecule has 24 heavy (non-hydrogen) atoms. The van der Waals surface area contributed by atoms with E-state index in [4.69, 9.17) is 9.15 Å². The fourth-order valence-electron chi connectivity index (χ4n) is 2.21. The third-order valence-corrected chi connectivity index (χ3v) is 3.35. The van der Waals surface area contributed by atoms with Gasteiger partial charge in [-0.3, -0.25) is 4.79 Å². The maximum atomic E-state index is 13.3. The summed E-state index contributed by atoms with van der Waals surface area (Å²) in [6, 6.07) is 14.2. The van der Waals surface area contributed by atoms with Crippen LogP contribution in [0.2, 0.25) is 0 Å². The minimum atomic E-state index is -0.682. The number of ether oxygens (including phenoxy) is 1. The van der Waals surface area contributed by atoms with E-state index in [9.17, 15) is 14.0 Å². The summed E-state index contributed by atoms with van der Waals surface area (Å²) in [5.74, 6) is -0.525. The molecule has 0 unspecified atom stereocenters. The molecule has 1 N–H and O–H groups in total. The van der Waals surface area contributed by atoms with Crippen molar-refractivity contribution in [3.63, 3.8) is 0 Å². The molecule has 3 rings (SSSR count). The molecule has 1 aromatic heterocycles. The van der Waals surface area contributed by atoms with E-state index < -0.39 is 17.3 Å². The molecule has 2 aromatic carbocycles. The van der Waals surface area contributed by atoms with E-state index in [1.54, 1.807) is 12.1 Å². The van der Waals surface area contributed by atoms with Gasteiger partial charge in [-0.05, 0) is 41.8 Å². The number of fused-ring (bicyclic) bond motifs is 1.